The van der Waals surface area contributed by atoms with E-state index in [0.29, 0.717) is 13.2 Å². The van der Waals surface area contributed by atoms with Crippen LogP contribution >= 0.6 is 11.6 Å². The van der Waals surface area contributed by atoms with Crippen LogP contribution in [0.5, 0.6) is 0 Å². The largest absolute Gasteiger partial charge is 0.465 e. The third-order valence-electron chi connectivity index (χ3n) is 2.34. The summed E-state index contributed by atoms with van der Waals surface area (Å²) < 4.78 is 4.85. The molecule has 5 nitrogen and oxygen atoms in total. The van der Waals surface area contributed by atoms with Gasteiger partial charge < -0.3 is 9.64 Å². The van der Waals surface area contributed by atoms with Crippen LogP contribution in [0.2, 0.25) is 5.15 Å². The van der Waals surface area contributed by atoms with Gasteiger partial charge in [-0.15, -0.1) is 0 Å². The molecule has 0 fully saturated rings. The highest BCUT2D eigenvalue weighted by molar-refractivity contribution is 6.29. The molecule has 0 aromatic carbocycles. The molecular weight excluding hydrogens is 268 g/mol. The van der Waals surface area contributed by atoms with Gasteiger partial charge in [0.25, 0.3) is 5.91 Å². The Balaban J connectivity index is 2.80. The number of carbonyl (C=O) groups excluding carboxylic acids is 2. The van der Waals surface area contributed by atoms with Crippen LogP contribution in [0.1, 0.15) is 30.8 Å². The lowest BCUT2D eigenvalue weighted by Crippen LogP contribution is -2.37. The molecule has 1 heterocycles. The summed E-state index contributed by atoms with van der Waals surface area (Å²) in [6.45, 7) is 4.34. The molecular formula is C13H17ClN2O3. The van der Waals surface area contributed by atoms with E-state index in [9.17, 15) is 9.59 Å². The van der Waals surface area contributed by atoms with Crippen LogP contribution in [0.3, 0.4) is 0 Å². The lowest BCUT2D eigenvalue weighted by Gasteiger charge is -2.20. The molecule has 6 heteroatoms. The maximum absolute atomic E-state index is 12.2. The van der Waals surface area contributed by atoms with Crippen LogP contribution in [0.25, 0.3) is 0 Å². The Labute approximate surface area is 117 Å². The third kappa shape index (κ3) is 4.87. The van der Waals surface area contributed by atoms with E-state index in [2.05, 4.69) is 4.98 Å². The smallest absolute Gasteiger partial charge is 0.325 e. The van der Waals surface area contributed by atoms with Crippen molar-refractivity contribution in [3.05, 3.63) is 29.0 Å². The summed E-state index contributed by atoms with van der Waals surface area (Å²) in [7, 11) is 0. The predicted molar refractivity (Wildman–Crippen MR) is 72.1 cm³/mol. The SMILES string of the molecule is CCCN(CC(=O)OCC)C(=O)c1cccc(Cl)n1. The van der Waals surface area contributed by atoms with Crippen molar-refractivity contribution in [1.82, 2.24) is 9.88 Å². The number of esters is 1. The Morgan fingerprint density at radius 1 is 1.37 bits per heavy atom. The summed E-state index contributed by atoms with van der Waals surface area (Å²) in [4.78, 5) is 29.1. The minimum atomic E-state index is -0.425. The summed E-state index contributed by atoms with van der Waals surface area (Å²) in [5.74, 6) is -0.747. The molecule has 0 saturated heterocycles. The fourth-order valence-corrected chi connectivity index (χ4v) is 1.74. The fraction of sp³-hybridized carbons (Fsp3) is 0.462. The van der Waals surface area contributed by atoms with E-state index >= 15 is 0 Å². The van der Waals surface area contributed by atoms with Crippen molar-refractivity contribution < 1.29 is 14.3 Å². The molecule has 0 atom stereocenters. The minimum absolute atomic E-state index is 0.0747. The van der Waals surface area contributed by atoms with E-state index < -0.39 is 5.97 Å². The molecule has 0 aliphatic heterocycles. The van der Waals surface area contributed by atoms with Gasteiger partial charge in [0.15, 0.2) is 0 Å². The van der Waals surface area contributed by atoms with Gasteiger partial charge in [0, 0.05) is 6.54 Å². The topological polar surface area (TPSA) is 59.5 Å². The number of hydrogen-bond acceptors (Lipinski definition) is 4. The molecule has 0 aliphatic carbocycles. The van der Waals surface area contributed by atoms with Crippen molar-refractivity contribution >= 4 is 23.5 Å². The third-order valence-corrected chi connectivity index (χ3v) is 2.55. The van der Waals surface area contributed by atoms with Gasteiger partial charge in [-0.25, -0.2) is 4.98 Å². The number of halogens is 1. The van der Waals surface area contributed by atoms with Crippen molar-refractivity contribution in [3.63, 3.8) is 0 Å². The van der Waals surface area contributed by atoms with E-state index in [-0.39, 0.29) is 23.3 Å². The minimum Gasteiger partial charge on any atom is -0.465 e. The first-order chi connectivity index (χ1) is 9.08. The Hall–Kier alpha value is -1.62. The normalized spacial score (nSPS) is 10.1. The highest BCUT2D eigenvalue weighted by atomic mass is 35.5. The van der Waals surface area contributed by atoms with Crippen molar-refractivity contribution in [2.45, 2.75) is 20.3 Å². The second-order valence-electron chi connectivity index (χ2n) is 3.88. The molecule has 1 aromatic rings. The molecule has 0 spiro atoms. The van der Waals surface area contributed by atoms with E-state index in [0.717, 1.165) is 6.42 Å². The van der Waals surface area contributed by atoms with Gasteiger partial charge in [0.2, 0.25) is 0 Å². The maximum Gasteiger partial charge on any atom is 0.325 e. The van der Waals surface area contributed by atoms with E-state index in [1.54, 1.807) is 25.1 Å². The first kappa shape index (κ1) is 15.4. The van der Waals surface area contributed by atoms with Gasteiger partial charge in [0.1, 0.15) is 17.4 Å². The summed E-state index contributed by atoms with van der Waals surface area (Å²) in [6, 6.07) is 4.81. The average molecular weight is 285 g/mol. The van der Waals surface area contributed by atoms with Crippen molar-refractivity contribution in [1.29, 1.82) is 0 Å². The number of aromatic nitrogens is 1. The zero-order chi connectivity index (χ0) is 14.3. The number of hydrogen-bond donors (Lipinski definition) is 0. The Kier molecular flexibility index (Phi) is 6.29. The Morgan fingerprint density at radius 3 is 2.68 bits per heavy atom. The lowest BCUT2D eigenvalue weighted by molar-refractivity contribution is -0.143. The number of carbonyl (C=O) groups is 2. The number of nitrogens with zero attached hydrogens (tertiary/aromatic N) is 2. The molecule has 1 aromatic heterocycles. The molecule has 19 heavy (non-hydrogen) atoms. The molecule has 0 bridgehead atoms. The van der Waals surface area contributed by atoms with Gasteiger partial charge in [-0.05, 0) is 25.5 Å². The van der Waals surface area contributed by atoms with Crippen LogP contribution in [0.4, 0.5) is 0 Å². The summed E-state index contributed by atoms with van der Waals surface area (Å²) in [5, 5.41) is 0.249. The lowest BCUT2D eigenvalue weighted by atomic mass is 10.3. The van der Waals surface area contributed by atoms with E-state index in [1.165, 1.54) is 4.90 Å². The summed E-state index contributed by atoms with van der Waals surface area (Å²) in [6.07, 6.45) is 0.742. The zero-order valence-corrected chi connectivity index (χ0v) is 11.8. The molecule has 0 radical (unpaired) electrons. The molecule has 1 amide bonds. The van der Waals surface area contributed by atoms with Gasteiger partial charge >= 0.3 is 5.97 Å². The fourth-order valence-electron chi connectivity index (χ4n) is 1.57. The number of ether oxygens (including phenoxy) is 1. The van der Waals surface area contributed by atoms with E-state index in [4.69, 9.17) is 16.3 Å². The Morgan fingerprint density at radius 2 is 2.11 bits per heavy atom. The Bertz CT molecular complexity index is 451. The van der Waals surface area contributed by atoms with Crippen LogP contribution in [-0.2, 0) is 9.53 Å². The maximum atomic E-state index is 12.2. The quantitative estimate of drug-likeness (QED) is 0.593. The molecule has 0 N–H and O–H groups in total. The predicted octanol–water partition coefficient (Wildman–Crippen LogP) is 2.15. The van der Waals surface area contributed by atoms with Gasteiger partial charge in [-0.3, -0.25) is 9.59 Å². The highest BCUT2D eigenvalue weighted by Gasteiger charge is 2.19. The first-order valence-corrected chi connectivity index (χ1v) is 6.53. The van der Waals surface area contributed by atoms with Crippen LogP contribution in [0.15, 0.2) is 18.2 Å². The highest BCUT2D eigenvalue weighted by Crippen LogP contribution is 2.08. The van der Waals surface area contributed by atoms with E-state index in [1.807, 2.05) is 6.92 Å². The van der Waals surface area contributed by atoms with Gasteiger partial charge in [0.05, 0.1) is 6.61 Å². The van der Waals surface area contributed by atoms with Crippen molar-refractivity contribution in [2.24, 2.45) is 0 Å². The second-order valence-corrected chi connectivity index (χ2v) is 4.26. The molecule has 0 unspecified atom stereocenters. The number of amides is 1. The first-order valence-electron chi connectivity index (χ1n) is 6.16. The monoisotopic (exact) mass is 284 g/mol. The van der Waals surface area contributed by atoms with Crippen LogP contribution < -0.4 is 0 Å². The van der Waals surface area contributed by atoms with Crippen LogP contribution in [-0.4, -0.2) is 41.5 Å². The number of pyridine rings is 1. The van der Waals surface area contributed by atoms with Crippen molar-refractivity contribution in [3.8, 4) is 0 Å². The van der Waals surface area contributed by atoms with Crippen LogP contribution in [0, 0.1) is 0 Å². The molecule has 0 saturated carbocycles. The standard InChI is InChI=1S/C13H17ClN2O3/c1-3-8-16(9-12(17)19-4-2)13(18)10-6-5-7-11(14)15-10/h5-7H,3-4,8-9H2,1-2H3. The number of rotatable bonds is 6. The summed E-state index contributed by atoms with van der Waals surface area (Å²) >= 11 is 5.75. The molecule has 104 valence electrons. The molecule has 0 aliphatic rings. The second kappa shape index (κ2) is 7.74. The summed E-state index contributed by atoms with van der Waals surface area (Å²) in [5.41, 5.74) is 0.227. The zero-order valence-electron chi connectivity index (χ0n) is 11.1. The molecule has 1 rings (SSSR count). The van der Waals surface area contributed by atoms with Gasteiger partial charge in [-0.2, -0.15) is 0 Å². The van der Waals surface area contributed by atoms with Crippen molar-refractivity contribution in [2.75, 3.05) is 19.7 Å². The average Bonchev–Trinajstić information content (AvgIpc) is 2.37. The van der Waals surface area contributed by atoms with Gasteiger partial charge in [-0.1, -0.05) is 24.6 Å².